The number of rotatable bonds is 4. The summed E-state index contributed by atoms with van der Waals surface area (Å²) >= 11 is 6.18. The summed E-state index contributed by atoms with van der Waals surface area (Å²) in [7, 11) is 0. The van der Waals surface area contributed by atoms with Crippen molar-refractivity contribution in [3.8, 4) is 11.5 Å². The molecular weight excluding hydrogens is 398 g/mol. The van der Waals surface area contributed by atoms with Gasteiger partial charge in [-0.05, 0) is 48.7 Å². The van der Waals surface area contributed by atoms with Crippen LogP contribution in [-0.2, 0) is 11.2 Å². The van der Waals surface area contributed by atoms with E-state index in [2.05, 4.69) is 12.1 Å². The lowest BCUT2D eigenvalue weighted by Gasteiger charge is -2.41. The van der Waals surface area contributed by atoms with Crippen LogP contribution in [0.4, 0.5) is 0 Å². The Balaban J connectivity index is 1.75. The molecule has 0 spiro atoms. The van der Waals surface area contributed by atoms with Crippen LogP contribution in [0.2, 0.25) is 5.02 Å². The van der Waals surface area contributed by atoms with E-state index in [1.54, 1.807) is 0 Å². The summed E-state index contributed by atoms with van der Waals surface area (Å²) in [5.41, 5.74) is 6.84. The molecule has 3 N–H and O–H groups in total. The topological polar surface area (TPSA) is 64.7 Å². The lowest BCUT2D eigenvalue weighted by Crippen LogP contribution is -2.54. The van der Waals surface area contributed by atoms with Crippen molar-refractivity contribution in [2.24, 2.45) is 5.73 Å². The normalized spacial score (nSPS) is 29.2. The Kier molecular flexibility index (Phi) is 4.55. The largest absolute Gasteiger partial charge is 0.494 e. The number of hydrogen-bond donors (Lipinski definition) is 2. The van der Waals surface area contributed by atoms with Gasteiger partial charge in [-0.1, -0.05) is 54.1 Å². The second-order valence-electron chi connectivity index (χ2n) is 8.01. The van der Waals surface area contributed by atoms with Crippen LogP contribution >= 0.6 is 11.6 Å². The molecule has 154 valence electrons. The lowest BCUT2D eigenvalue weighted by molar-refractivity contribution is -0.112. The van der Waals surface area contributed by atoms with Gasteiger partial charge in [-0.25, -0.2) is 0 Å². The van der Waals surface area contributed by atoms with Gasteiger partial charge in [0.25, 0.3) is 0 Å². The number of halogens is 1. The fourth-order valence-electron chi connectivity index (χ4n) is 5.25. The molecule has 0 radical (unpaired) electrons. The first-order valence-electron chi connectivity index (χ1n) is 10.3. The maximum atomic E-state index is 12.3. The minimum Gasteiger partial charge on any atom is -0.494 e. The Morgan fingerprint density at radius 2 is 1.83 bits per heavy atom. The summed E-state index contributed by atoms with van der Waals surface area (Å²) in [6, 6.07) is 22.7. The summed E-state index contributed by atoms with van der Waals surface area (Å²) in [6.45, 7) is 2.49. The fourth-order valence-corrected chi connectivity index (χ4v) is 5.37. The van der Waals surface area contributed by atoms with Gasteiger partial charge >= 0.3 is 0 Å². The van der Waals surface area contributed by atoms with E-state index in [1.165, 1.54) is 0 Å². The van der Waals surface area contributed by atoms with Crippen molar-refractivity contribution >= 4 is 11.6 Å². The quantitative estimate of drug-likeness (QED) is 0.639. The first-order valence-corrected chi connectivity index (χ1v) is 10.6. The van der Waals surface area contributed by atoms with E-state index in [-0.39, 0.29) is 5.92 Å². The molecule has 0 aromatic heterocycles. The van der Waals surface area contributed by atoms with Crippen LogP contribution in [0.1, 0.15) is 36.0 Å². The van der Waals surface area contributed by atoms with Crippen LogP contribution < -0.4 is 15.2 Å². The van der Waals surface area contributed by atoms with Gasteiger partial charge in [0.2, 0.25) is 0 Å². The summed E-state index contributed by atoms with van der Waals surface area (Å²) in [5.74, 6) is 1.17. The highest BCUT2D eigenvalue weighted by Gasteiger charge is 2.71. The number of nitrogens with two attached hydrogens (primary N) is 1. The first-order chi connectivity index (χ1) is 14.5. The number of fused-ring (bicyclic) bond motifs is 3. The van der Waals surface area contributed by atoms with Gasteiger partial charge in [-0.3, -0.25) is 0 Å². The van der Waals surface area contributed by atoms with Crippen LogP contribution in [0.25, 0.3) is 0 Å². The zero-order valence-electron chi connectivity index (χ0n) is 16.7. The highest BCUT2D eigenvalue weighted by Crippen LogP contribution is 2.66. The maximum Gasteiger partial charge on any atom is 0.175 e. The molecule has 0 unspecified atom stereocenters. The molecule has 4 nitrogen and oxygen atoms in total. The molecule has 5 rings (SSSR count). The molecule has 0 amide bonds. The summed E-state index contributed by atoms with van der Waals surface area (Å²) < 4.78 is 12.4. The summed E-state index contributed by atoms with van der Waals surface area (Å²) in [4.78, 5) is 0. The molecule has 1 aliphatic carbocycles. The average Bonchev–Trinajstić information content (AvgIpc) is 3.15. The van der Waals surface area contributed by atoms with Crippen molar-refractivity contribution < 1.29 is 14.6 Å². The van der Waals surface area contributed by atoms with Gasteiger partial charge in [0.1, 0.15) is 11.5 Å². The smallest absolute Gasteiger partial charge is 0.175 e. The highest BCUT2D eigenvalue weighted by atomic mass is 35.5. The lowest BCUT2D eigenvalue weighted by atomic mass is 9.71. The molecule has 30 heavy (non-hydrogen) atoms. The molecule has 1 aliphatic heterocycles. The predicted octanol–water partition coefficient (Wildman–Crippen LogP) is 4.73. The summed E-state index contributed by atoms with van der Waals surface area (Å²) in [5, 5.41) is 12.9. The average molecular weight is 422 g/mol. The number of aliphatic hydroxyl groups is 1. The molecule has 1 saturated carbocycles. The third-order valence-electron chi connectivity index (χ3n) is 6.50. The van der Waals surface area contributed by atoms with Crippen LogP contribution in [0.15, 0.2) is 72.8 Å². The zero-order chi connectivity index (χ0) is 20.9. The Hall–Kier alpha value is -2.53. The Bertz CT molecular complexity index is 1070. The van der Waals surface area contributed by atoms with Gasteiger partial charge in [-0.2, -0.15) is 0 Å². The van der Waals surface area contributed by atoms with Crippen molar-refractivity contribution in [1.82, 2.24) is 0 Å². The van der Waals surface area contributed by atoms with E-state index >= 15 is 0 Å². The zero-order valence-corrected chi connectivity index (χ0v) is 17.5. The van der Waals surface area contributed by atoms with Gasteiger partial charge in [-0.15, -0.1) is 0 Å². The summed E-state index contributed by atoms with van der Waals surface area (Å²) in [6.07, 6.45) is 0.593. The van der Waals surface area contributed by atoms with E-state index in [9.17, 15) is 5.11 Å². The highest BCUT2D eigenvalue weighted by molar-refractivity contribution is 6.30. The van der Waals surface area contributed by atoms with Gasteiger partial charge in [0, 0.05) is 28.6 Å². The predicted molar refractivity (Wildman–Crippen MR) is 117 cm³/mol. The molecule has 1 fully saturated rings. The maximum absolute atomic E-state index is 12.3. The molecule has 0 bridgehead atoms. The molecule has 3 aromatic rings. The van der Waals surface area contributed by atoms with Crippen molar-refractivity contribution in [2.45, 2.75) is 36.5 Å². The number of hydrogen-bond acceptors (Lipinski definition) is 4. The van der Waals surface area contributed by atoms with E-state index in [0.29, 0.717) is 35.1 Å². The number of ether oxygens (including phenoxy) is 2. The molecule has 5 heteroatoms. The fraction of sp³-hybridized carbons (Fsp3) is 0.280. The van der Waals surface area contributed by atoms with Crippen molar-refractivity contribution in [1.29, 1.82) is 0 Å². The number of benzene rings is 3. The monoisotopic (exact) mass is 421 g/mol. The Morgan fingerprint density at radius 3 is 2.53 bits per heavy atom. The molecule has 3 aromatic carbocycles. The van der Waals surface area contributed by atoms with Crippen LogP contribution in [0.3, 0.4) is 0 Å². The van der Waals surface area contributed by atoms with Crippen molar-refractivity contribution in [3.63, 3.8) is 0 Å². The van der Waals surface area contributed by atoms with E-state index in [1.807, 2.05) is 67.6 Å². The van der Waals surface area contributed by atoms with E-state index < -0.39 is 17.2 Å². The van der Waals surface area contributed by atoms with Crippen LogP contribution in [0, 0.1) is 0 Å². The minimum atomic E-state index is -1.39. The van der Waals surface area contributed by atoms with Gasteiger partial charge in [0.05, 0.1) is 6.61 Å². The third-order valence-corrected chi connectivity index (χ3v) is 6.76. The second kappa shape index (κ2) is 7.02. The van der Waals surface area contributed by atoms with E-state index in [0.717, 1.165) is 11.1 Å². The van der Waals surface area contributed by atoms with Crippen molar-refractivity contribution in [3.05, 3.63) is 94.5 Å². The Morgan fingerprint density at radius 1 is 1.10 bits per heavy atom. The third kappa shape index (κ3) is 2.54. The minimum absolute atomic E-state index is 0.136. The molecule has 2 aliphatic rings. The van der Waals surface area contributed by atoms with Crippen LogP contribution in [0.5, 0.6) is 11.5 Å². The molecular formula is C25H24ClNO3. The van der Waals surface area contributed by atoms with E-state index in [4.69, 9.17) is 26.8 Å². The second-order valence-corrected chi connectivity index (χ2v) is 8.44. The van der Waals surface area contributed by atoms with Gasteiger partial charge in [0.15, 0.2) is 11.2 Å². The standard InChI is InChI=1S/C25H24ClNO3/c1-2-29-19-12-13-20-22(14-19)30-25(17-8-10-18(26)11-9-17)21(15-23(27)24(20,25)28)16-6-4-3-5-7-16/h3-14,21,23,28H,2,15,27H2,1H3/t21-,23+,24-,25-/m0/s1. The Labute approximate surface area is 181 Å². The van der Waals surface area contributed by atoms with Crippen LogP contribution in [-0.4, -0.2) is 17.8 Å². The van der Waals surface area contributed by atoms with Crippen molar-refractivity contribution in [2.75, 3.05) is 6.61 Å². The van der Waals surface area contributed by atoms with Gasteiger partial charge < -0.3 is 20.3 Å². The molecule has 0 saturated heterocycles. The molecule has 4 atom stereocenters. The first kappa shape index (κ1) is 19.4. The molecule has 1 heterocycles. The SMILES string of the molecule is CCOc1ccc2c(c1)O[C@@]1(c3ccc(Cl)cc3)[C@H](c3ccccc3)C[C@@H](N)[C@@]21O.